The first-order chi connectivity index (χ1) is 21.3. The van der Waals surface area contributed by atoms with Crippen molar-refractivity contribution in [3.8, 4) is 33.4 Å². The second-order valence-corrected chi connectivity index (χ2v) is 12.2. The van der Waals surface area contributed by atoms with Gasteiger partial charge in [-0.2, -0.15) is 0 Å². The molecule has 0 fully saturated rings. The fourth-order valence-corrected chi connectivity index (χ4v) is 7.99. The molecule has 0 radical (unpaired) electrons. The minimum absolute atomic E-state index is 1.10. The number of thiophene rings is 1. The smallest absolute Gasteiger partial charge is 0.0412 e. The van der Waals surface area contributed by atoms with Gasteiger partial charge in [-0.3, -0.25) is 0 Å². The number of benzene rings is 7. The van der Waals surface area contributed by atoms with Crippen LogP contribution in [-0.2, 0) is 0 Å². The van der Waals surface area contributed by atoms with Gasteiger partial charge in [0.1, 0.15) is 0 Å². The Labute approximate surface area is 254 Å². The predicted octanol–water partition coefficient (Wildman–Crippen LogP) is 12.1. The Morgan fingerprint density at radius 2 is 1.05 bits per heavy atom. The van der Waals surface area contributed by atoms with Crippen molar-refractivity contribution in [1.29, 1.82) is 0 Å². The second-order valence-electron chi connectivity index (χ2n) is 11.1. The minimum Gasteiger partial charge on any atom is -0.135 e. The molecule has 0 amide bonds. The van der Waals surface area contributed by atoms with Crippen LogP contribution in [0.1, 0.15) is 0 Å². The third-order valence-corrected chi connectivity index (χ3v) is 9.87. The lowest BCUT2D eigenvalue weighted by Crippen LogP contribution is -1.91. The summed E-state index contributed by atoms with van der Waals surface area (Å²) < 4.78 is 2.64. The van der Waals surface area contributed by atoms with Crippen molar-refractivity contribution < 1.29 is 0 Å². The zero-order chi connectivity index (χ0) is 28.3. The van der Waals surface area contributed by atoms with E-state index in [1.807, 2.05) is 17.4 Å². The maximum Gasteiger partial charge on any atom is 0.0412 e. The van der Waals surface area contributed by atoms with Crippen LogP contribution in [0.15, 0.2) is 146 Å². The molecule has 9 rings (SSSR count). The van der Waals surface area contributed by atoms with Crippen LogP contribution < -0.4 is 0 Å². The summed E-state index contributed by atoms with van der Waals surface area (Å²) >= 11 is 1.87. The Kier molecular flexibility index (Phi) is 5.38. The van der Waals surface area contributed by atoms with Gasteiger partial charge in [-0.15, -0.1) is 11.3 Å². The van der Waals surface area contributed by atoms with Crippen LogP contribution in [0.25, 0.3) is 85.9 Å². The highest BCUT2D eigenvalue weighted by atomic mass is 32.1. The molecule has 0 aliphatic heterocycles. The number of hydrogen-bond acceptors (Lipinski definition) is 1. The Morgan fingerprint density at radius 3 is 1.91 bits per heavy atom. The van der Waals surface area contributed by atoms with Gasteiger partial charge in [0.15, 0.2) is 0 Å². The SMILES string of the molecule is c1ccc2c(-c3cccc4sc5ccccc5c34)c3ccccc3c(-c3ccc(-c4cccc5ccccc45)cc3)c2c#1. The van der Waals surface area contributed by atoms with Crippen molar-refractivity contribution in [2.45, 2.75) is 0 Å². The van der Waals surface area contributed by atoms with E-state index in [2.05, 4.69) is 152 Å². The maximum atomic E-state index is 3.55. The Bertz CT molecular complexity index is 2430. The largest absolute Gasteiger partial charge is 0.135 e. The van der Waals surface area contributed by atoms with E-state index in [-0.39, 0.29) is 0 Å². The molecule has 0 atom stereocenters. The molecule has 0 N–H and O–H groups in total. The summed E-state index contributed by atoms with van der Waals surface area (Å²) in [6, 6.07) is 59.6. The molecule has 43 heavy (non-hydrogen) atoms. The van der Waals surface area contributed by atoms with E-state index >= 15 is 0 Å². The van der Waals surface area contributed by atoms with Gasteiger partial charge in [0.25, 0.3) is 0 Å². The molecule has 1 aromatic heterocycles. The highest BCUT2D eigenvalue weighted by Gasteiger charge is 2.19. The van der Waals surface area contributed by atoms with Gasteiger partial charge in [-0.25, -0.2) is 0 Å². The average Bonchev–Trinajstić information content (AvgIpc) is 3.46. The molecule has 8 aromatic carbocycles. The van der Waals surface area contributed by atoms with Crippen LogP contribution in [0.4, 0.5) is 0 Å². The summed E-state index contributed by atoms with van der Waals surface area (Å²) in [6.07, 6.45) is 0. The van der Waals surface area contributed by atoms with E-state index in [0.717, 1.165) is 5.39 Å². The predicted molar refractivity (Wildman–Crippen MR) is 186 cm³/mol. The topological polar surface area (TPSA) is 0 Å². The molecule has 0 spiro atoms. The van der Waals surface area contributed by atoms with Gasteiger partial charge < -0.3 is 0 Å². The Hall–Kier alpha value is -5.42. The molecular weight excluding hydrogens is 537 g/mol. The quantitative estimate of drug-likeness (QED) is 0.202. The fraction of sp³-hybridized carbons (Fsp3) is 0. The van der Waals surface area contributed by atoms with Gasteiger partial charge in [0.05, 0.1) is 0 Å². The number of hydrogen-bond donors (Lipinski definition) is 0. The molecule has 0 aliphatic rings. The molecule has 1 heteroatoms. The van der Waals surface area contributed by atoms with Gasteiger partial charge >= 0.3 is 0 Å². The number of rotatable bonds is 3. The fourth-order valence-electron chi connectivity index (χ4n) is 6.86. The van der Waals surface area contributed by atoms with Crippen LogP contribution >= 0.6 is 11.3 Å². The summed E-state index contributed by atoms with van der Waals surface area (Å²) in [7, 11) is 0. The van der Waals surface area contributed by atoms with Crippen LogP contribution in [0.2, 0.25) is 0 Å². The van der Waals surface area contributed by atoms with Crippen molar-refractivity contribution >= 4 is 63.8 Å². The Morgan fingerprint density at radius 1 is 0.419 bits per heavy atom. The van der Waals surface area contributed by atoms with Gasteiger partial charge in [0, 0.05) is 31.1 Å². The van der Waals surface area contributed by atoms with Crippen LogP contribution in [-0.4, -0.2) is 0 Å². The van der Waals surface area contributed by atoms with E-state index in [1.165, 1.54) is 80.5 Å². The first-order valence-corrected chi connectivity index (χ1v) is 15.4. The third-order valence-electron chi connectivity index (χ3n) is 8.73. The summed E-state index contributed by atoms with van der Waals surface area (Å²) in [5.74, 6) is 0. The van der Waals surface area contributed by atoms with Crippen molar-refractivity contribution in [3.63, 3.8) is 0 Å². The van der Waals surface area contributed by atoms with E-state index in [4.69, 9.17) is 0 Å². The maximum absolute atomic E-state index is 3.55. The molecule has 0 saturated carbocycles. The van der Waals surface area contributed by atoms with Crippen molar-refractivity contribution in [2.75, 3.05) is 0 Å². The summed E-state index contributed by atoms with van der Waals surface area (Å²) in [5.41, 5.74) is 7.41. The van der Waals surface area contributed by atoms with E-state index in [9.17, 15) is 0 Å². The van der Waals surface area contributed by atoms with Gasteiger partial charge in [-0.05, 0) is 79.0 Å². The Balaban J connectivity index is 1.31. The molecule has 0 bridgehead atoms. The first-order valence-electron chi connectivity index (χ1n) is 14.6. The zero-order valence-corrected chi connectivity index (χ0v) is 24.1. The average molecular weight is 561 g/mol. The molecule has 198 valence electrons. The van der Waals surface area contributed by atoms with Crippen molar-refractivity contribution in [3.05, 3.63) is 158 Å². The summed E-state index contributed by atoms with van der Waals surface area (Å²) in [4.78, 5) is 0. The van der Waals surface area contributed by atoms with Crippen LogP contribution in [0.3, 0.4) is 0 Å². The second kappa shape index (κ2) is 9.57. The van der Waals surface area contributed by atoms with Crippen LogP contribution in [0.5, 0.6) is 0 Å². The van der Waals surface area contributed by atoms with Crippen LogP contribution in [0, 0.1) is 12.1 Å². The standard InChI is InChI=1S/C42H24S/c1-2-13-30-27(11-1)12-9-19-31(30)28-23-25-29(26-24-28)40-32-14-3-5-16-34(32)41(35-17-6-4-15-33(35)40)37-20-10-22-39-42(37)36-18-7-8-21-38(36)43-39/h1-3,5-14,16-26H. The molecule has 0 nitrogen and oxygen atoms in total. The molecule has 0 aliphatic carbocycles. The number of fused-ring (bicyclic) bond motifs is 6. The lowest BCUT2D eigenvalue weighted by Gasteiger charge is -2.17. The molecule has 0 saturated heterocycles. The van der Waals surface area contributed by atoms with E-state index < -0.39 is 0 Å². The van der Waals surface area contributed by atoms with Crippen molar-refractivity contribution in [2.24, 2.45) is 0 Å². The summed E-state index contributed by atoms with van der Waals surface area (Å²) in [5, 5.41) is 9.97. The monoisotopic (exact) mass is 560 g/mol. The molecular formula is C42H24S. The first kappa shape index (κ1) is 24.2. The third kappa shape index (κ3) is 3.71. The normalized spacial score (nSPS) is 11.5. The molecule has 9 aromatic rings. The van der Waals surface area contributed by atoms with Gasteiger partial charge in [0.2, 0.25) is 0 Å². The van der Waals surface area contributed by atoms with Gasteiger partial charge in [-0.1, -0.05) is 133 Å². The zero-order valence-electron chi connectivity index (χ0n) is 23.3. The lowest BCUT2D eigenvalue weighted by molar-refractivity contribution is 1.64. The summed E-state index contributed by atoms with van der Waals surface area (Å²) in [6.45, 7) is 0. The van der Waals surface area contributed by atoms with E-state index in [1.54, 1.807) is 0 Å². The van der Waals surface area contributed by atoms with Crippen molar-refractivity contribution in [1.82, 2.24) is 0 Å². The van der Waals surface area contributed by atoms with E-state index in [0.29, 0.717) is 0 Å². The molecule has 0 unspecified atom stereocenters. The lowest BCUT2D eigenvalue weighted by atomic mass is 9.85. The highest BCUT2D eigenvalue weighted by molar-refractivity contribution is 7.25. The molecule has 1 heterocycles. The minimum atomic E-state index is 1.10. The highest BCUT2D eigenvalue weighted by Crippen LogP contribution is 2.47.